The topological polar surface area (TPSA) is 67.4 Å². The SMILES string of the molecule is CCCCOc1ccccc1C(=O)N[C@@H](C(=O)NC)c1ccccc1. The van der Waals surface area contributed by atoms with Crippen LogP contribution >= 0.6 is 0 Å². The molecule has 0 saturated heterocycles. The summed E-state index contributed by atoms with van der Waals surface area (Å²) in [5, 5.41) is 5.39. The second-order valence-electron chi connectivity index (χ2n) is 5.63. The van der Waals surface area contributed by atoms with Gasteiger partial charge in [-0.05, 0) is 24.1 Å². The van der Waals surface area contributed by atoms with Gasteiger partial charge in [-0.2, -0.15) is 0 Å². The molecule has 2 N–H and O–H groups in total. The molecule has 25 heavy (non-hydrogen) atoms. The number of likely N-dealkylation sites (N-methyl/N-ethyl adjacent to an activating group) is 1. The predicted octanol–water partition coefficient (Wildman–Crippen LogP) is 3.08. The number of amides is 2. The van der Waals surface area contributed by atoms with Crippen LogP contribution in [0.1, 0.15) is 41.7 Å². The quantitative estimate of drug-likeness (QED) is 0.726. The van der Waals surface area contributed by atoms with E-state index in [0.717, 1.165) is 18.4 Å². The van der Waals surface area contributed by atoms with Crippen LogP contribution in [0, 0.1) is 0 Å². The van der Waals surface area contributed by atoms with Crippen LogP contribution < -0.4 is 15.4 Å². The molecule has 5 nitrogen and oxygen atoms in total. The number of carbonyl (C=O) groups excluding carboxylic acids is 2. The minimum atomic E-state index is -0.762. The van der Waals surface area contributed by atoms with Gasteiger partial charge in [-0.3, -0.25) is 9.59 Å². The van der Waals surface area contributed by atoms with E-state index in [-0.39, 0.29) is 11.8 Å². The van der Waals surface area contributed by atoms with Crippen molar-refractivity contribution in [1.29, 1.82) is 0 Å². The van der Waals surface area contributed by atoms with E-state index in [2.05, 4.69) is 17.6 Å². The van der Waals surface area contributed by atoms with Gasteiger partial charge in [0.1, 0.15) is 11.8 Å². The molecular weight excluding hydrogens is 316 g/mol. The average Bonchev–Trinajstić information content (AvgIpc) is 2.66. The highest BCUT2D eigenvalue weighted by Gasteiger charge is 2.23. The maximum absolute atomic E-state index is 12.7. The fourth-order valence-corrected chi connectivity index (χ4v) is 2.41. The molecule has 1 atom stereocenters. The van der Waals surface area contributed by atoms with Gasteiger partial charge in [-0.1, -0.05) is 55.8 Å². The summed E-state index contributed by atoms with van der Waals surface area (Å²) < 4.78 is 5.71. The van der Waals surface area contributed by atoms with Crippen molar-refractivity contribution in [2.75, 3.05) is 13.7 Å². The molecule has 2 aromatic carbocycles. The second-order valence-corrected chi connectivity index (χ2v) is 5.63. The minimum Gasteiger partial charge on any atom is -0.493 e. The molecule has 0 fully saturated rings. The lowest BCUT2D eigenvalue weighted by molar-refractivity contribution is -0.122. The normalized spacial score (nSPS) is 11.4. The molecule has 0 spiro atoms. The lowest BCUT2D eigenvalue weighted by Gasteiger charge is -2.19. The first kappa shape index (κ1) is 18.5. The third-order valence-electron chi connectivity index (χ3n) is 3.80. The van der Waals surface area contributed by atoms with Crippen molar-refractivity contribution in [1.82, 2.24) is 10.6 Å². The molecule has 0 heterocycles. The summed E-state index contributed by atoms with van der Waals surface area (Å²) in [7, 11) is 1.55. The Kier molecular flexibility index (Phi) is 7.01. The van der Waals surface area contributed by atoms with Crippen LogP contribution in [0.15, 0.2) is 54.6 Å². The van der Waals surface area contributed by atoms with Crippen molar-refractivity contribution in [2.45, 2.75) is 25.8 Å². The van der Waals surface area contributed by atoms with E-state index in [0.29, 0.717) is 17.9 Å². The number of rotatable bonds is 8. The molecule has 132 valence electrons. The number of carbonyl (C=O) groups is 2. The molecule has 5 heteroatoms. The Hall–Kier alpha value is -2.82. The number of para-hydroxylation sites is 1. The number of unbranched alkanes of at least 4 members (excludes halogenated alkanes) is 1. The van der Waals surface area contributed by atoms with Crippen molar-refractivity contribution in [3.63, 3.8) is 0 Å². The summed E-state index contributed by atoms with van der Waals surface area (Å²) in [6.07, 6.45) is 1.93. The van der Waals surface area contributed by atoms with Crippen LogP contribution in [0.5, 0.6) is 5.75 Å². The van der Waals surface area contributed by atoms with E-state index < -0.39 is 6.04 Å². The lowest BCUT2D eigenvalue weighted by Crippen LogP contribution is -2.39. The zero-order chi connectivity index (χ0) is 18.1. The zero-order valence-corrected chi connectivity index (χ0v) is 14.6. The largest absolute Gasteiger partial charge is 0.493 e. The van der Waals surface area contributed by atoms with Gasteiger partial charge in [0.2, 0.25) is 5.91 Å². The minimum absolute atomic E-state index is 0.274. The molecule has 0 radical (unpaired) electrons. The van der Waals surface area contributed by atoms with Crippen LogP contribution in [0.3, 0.4) is 0 Å². The summed E-state index contributed by atoms with van der Waals surface area (Å²) in [5.41, 5.74) is 1.14. The monoisotopic (exact) mass is 340 g/mol. The summed E-state index contributed by atoms with van der Waals surface area (Å²) >= 11 is 0. The van der Waals surface area contributed by atoms with Gasteiger partial charge in [-0.15, -0.1) is 0 Å². The van der Waals surface area contributed by atoms with Gasteiger partial charge in [0, 0.05) is 7.05 Å². The van der Waals surface area contributed by atoms with Crippen LogP contribution in [-0.2, 0) is 4.79 Å². The summed E-state index contributed by atoms with van der Waals surface area (Å²) in [5.74, 6) is -0.0920. The Balaban J connectivity index is 2.20. The fraction of sp³-hybridized carbons (Fsp3) is 0.300. The first-order valence-corrected chi connectivity index (χ1v) is 8.46. The van der Waals surface area contributed by atoms with E-state index in [1.165, 1.54) is 0 Å². The van der Waals surface area contributed by atoms with Crippen molar-refractivity contribution >= 4 is 11.8 Å². The number of nitrogens with one attached hydrogen (secondary N) is 2. The number of benzene rings is 2. The van der Waals surface area contributed by atoms with E-state index in [1.807, 2.05) is 36.4 Å². The summed E-state index contributed by atoms with van der Waals surface area (Å²) in [4.78, 5) is 24.9. The highest BCUT2D eigenvalue weighted by atomic mass is 16.5. The van der Waals surface area contributed by atoms with E-state index in [4.69, 9.17) is 4.74 Å². The van der Waals surface area contributed by atoms with Crippen molar-refractivity contribution < 1.29 is 14.3 Å². The Morgan fingerprint density at radius 1 is 1.04 bits per heavy atom. The van der Waals surface area contributed by atoms with Gasteiger partial charge in [0.25, 0.3) is 5.91 Å². The van der Waals surface area contributed by atoms with Crippen LogP contribution in [0.25, 0.3) is 0 Å². The van der Waals surface area contributed by atoms with Crippen LogP contribution in [0.4, 0.5) is 0 Å². The standard InChI is InChI=1S/C20H24N2O3/c1-3-4-14-25-17-13-9-8-12-16(17)19(23)22-18(20(24)21-2)15-10-6-5-7-11-15/h5-13,18H,3-4,14H2,1-2H3,(H,21,24)(H,22,23)/t18-/m1/s1. The van der Waals surface area contributed by atoms with E-state index in [1.54, 1.807) is 25.2 Å². The Morgan fingerprint density at radius 3 is 2.40 bits per heavy atom. The van der Waals surface area contributed by atoms with Gasteiger partial charge in [-0.25, -0.2) is 0 Å². The summed E-state index contributed by atoms with van der Waals surface area (Å²) in [6, 6.07) is 15.5. The van der Waals surface area contributed by atoms with E-state index in [9.17, 15) is 9.59 Å². The maximum Gasteiger partial charge on any atom is 0.255 e. The highest BCUT2D eigenvalue weighted by molar-refractivity contribution is 5.99. The van der Waals surface area contributed by atoms with E-state index >= 15 is 0 Å². The Morgan fingerprint density at radius 2 is 1.72 bits per heavy atom. The molecule has 2 aromatic rings. The molecule has 0 bridgehead atoms. The van der Waals surface area contributed by atoms with Crippen LogP contribution in [-0.4, -0.2) is 25.5 Å². The van der Waals surface area contributed by atoms with Gasteiger partial charge in [0.15, 0.2) is 0 Å². The van der Waals surface area contributed by atoms with Gasteiger partial charge >= 0.3 is 0 Å². The molecule has 0 aromatic heterocycles. The molecule has 0 unspecified atom stereocenters. The second kappa shape index (κ2) is 9.47. The molecule has 2 amide bonds. The van der Waals surface area contributed by atoms with Crippen LogP contribution in [0.2, 0.25) is 0 Å². The Labute approximate surface area is 148 Å². The van der Waals surface area contributed by atoms with Crippen molar-refractivity contribution in [2.24, 2.45) is 0 Å². The lowest BCUT2D eigenvalue weighted by atomic mass is 10.1. The third-order valence-corrected chi connectivity index (χ3v) is 3.80. The molecule has 0 saturated carbocycles. The molecule has 0 aliphatic heterocycles. The molecule has 0 aliphatic rings. The first-order chi connectivity index (χ1) is 12.2. The van der Waals surface area contributed by atoms with Crippen molar-refractivity contribution in [3.8, 4) is 5.75 Å². The number of hydrogen-bond donors (Lipinski definition) is 2. The first-order valence-electron chi connectivity index (χ1n) is 8.46. The third kappa shape index (κ3) is 5.08. The smallest absolute Gasteiger partial charge is 0.255 e. The highest BCUT2D eigenvalue weighted by Crippen LogP contribution is 2.20. The molecule has 0 aliphatic carbocycles. The molecular formula is C20H24N2O3. The number of ether oxygens (including phenoxy) is 1. The number of hydrogen-bond acceptors (Lipinski definition) is 3. The zero-order valence-electron chi connectivity index (χ0n) is 14.6. The van der Waals surface area contributed by atoms with Gasteiger partial charge in [0.05, 0.1) is 12.2 Å². The maximum atomic E-state index is 12.7. The fourth-order valence-electron chi connectivity index (χ4n) is 2.41. The average molecular weight is 340 g/mol. The predicted molar refractivity (Wildman–Crippen MR) is 97.6 cm³/mol. The summed E-state index contributed by atoms with van der Waals surface area (Å²) in [6.45, 7) is 2.63. The van der Waals surface area contributed by atoms with Gasteiger partial charge < -0.3 is 15.4 Å². The molecule has 2 rings (SSSR count). The Bertz CT molecular complexity index is 701. The van der Waals surface area contributed by atoms with Crippen molar-refractivity contribution in [3.05, 3.63) is 65.7 Å².